The first kappa shape index (κ1) is 15.4. The molecule has 0 aliphatic carbocycles. The van der Waals surface area contributed by atoms with Crippen molar-refractivity contribution in [2.45, 2.75) is 0 Å². The summed E-state index contributed by atoms with van der Waals surface area (Å²) >= 11 is 23.9. The van der Waals surface area contributed by atoms with Crippen LogP contribution in [0.5, 0.6) is 0 Å². The first-order chi connectivity index (χ1) is 9.43. The molecule has 1 aromatic heterocycles. The summed E-state index contributed by atoms with van der Waals surface area (Å²) in [6.07, 6.45) is 1.35. The van der Waals surface area contributed by atoms with Crippen LogP contribution in [0.2, 0.25) is 20.1 Å². The number of nitrogens with zero attached hydrogens (tertiary/aromatic N) is 1. The van der Waals surface area contributed by atoms with E-state index in [-0.39, 0.29) is 10.6 Å². The van der Waals surface area contributed by atoms with Gasteiger partial charge in [-0.2, -0.15) is 0 Å². The summed E-state index contributed by atoms with van der Waals surface area (Å²) in [5.41, 5.74) is 1.18. The van der Waals surface area contributed by atoms with Crippen molar-refractivity contribution in [3.63, 3.8) is 0 Å². The lowest BCUT2D eigenvalue weighted by Crippen LogP contribution is -2.03. The third-order valence-electron chi connectivity index (χ3n) is 2.55. The number of hydrogen-bond donors (Lipinski definition) is 0. The molecule has 0 saturated carbocycles. The second kappa shape index (κ2) is 6.19. The largest absolute Gasteiger partial charge is 0.465 e. The van der Waals surface area contributed by atoms with Crippen molar-refractivity contribution in [2.24, 2.45) is 0 Å². The van der Waals surface area contributed by atoms with Crippen molar-refractivity contribution in [1.82, 2.24) is 4.98 Å². The van der Waals surface area contributed by atoms with Gasteiger partial charge in [0.25, 0.3) is 0 Å². The van der Waals surface area contributed by atoms with Crippen LogP contribution in [-0.2, 0) is 4.74 Å². The first-order valence-corrected chi connectivity index (χ1v) is 6.84. The fraction of sp³-hybridized carbons (Fsp3) is 0.0769. The van der Waals surface area contributed by atoms with Crippen molar-refractivity contribution in [2.75, 3.05) is 7.11 Å². The van der Waals surface area contributed by atoms with Crippen LogP contribution in [0.25, 0.3) is 11.3 Å². The molecule has 0 N–H and O–H groups in total. The number of rotatable bonds is 2. The highest BCUT2D eigenvalue weighted by Crippen LogP contribution is 2.35. The van der Waals surface area contributed by atoms with E-state index < -0.39 is 5.97 Å². The Morgan fingerprint density at radius 3 is 2.30 bits per heavy atom. The van der Waals surface area contributed by atoms with E-state index in [0.717, 1.165) is 0 Å². The van der Waals surface area contributed by atoms with E-state index in [9.17, 15) is 4.79 Å². The van der Waals surface area contributed by atoms with E-state index >= 15 is 0 Å². The molecule has 0 aliphatic heterocycles. The van der Waals surface area contributed by atoms with Gasteiger partial charge in [0.05, 0.1) is 38.5 Å². The number of methoxy groups -OCH3 is 1. The number of ether oxygens (including phenoxy) is 1. The molecule has 2 rings (SSSR count). The second-order valence-electron chi connectivity index (χ2n) is 3.79. The van der Waals surface area contributed by atoms with E-state index in [1.807, 2.05) is 0 Å². The Hall–Kier alpha value is -1.000. The number of carbonyl (C=O) groups excluding carboxylic acids is 1. The molecule has 1 heterocycles. The van der Waals surface area contributed by atoms with Gasteiger partial charge in [0.2, 0.25) is 0 Å². The number of benzene rings is 1. The zero-order chi connectivity index (χ0) is 14.9. The topological polar surface area (TPSA) is 39.2 Å². The molecule has 0 spiro atoms. The minimum atomic E-state index is -0.560. The van der Waals surface area contributed by atoms with Crippen molar-refractivity contribution < 1.29 is 9.53 Å². The summed E-state index contributed by atoms with van der Waals surface area (Å²) in [5.74, 6) is -0.560. The number of carbonyl (C=O) groups is 1. The predicted octanol–water partition coefficient (Wildman–Crippen LogP) is 5.15. The van der Waals surface area contributed by atoms with Crippen molar-refractivity contribution in [3.05, 3.63) is 50.0 Å². The standard InChI is InChI=1S/C13H7Cl4NO2/c1-20-13(19)7-3-12(18-5-11(7)17)6-2-9(15)10(16)4-8(6)14/h2-5H,1H3. The van der Waals surface area contributed by atoms with Gasteiger partial charge in [-0.05, 0) is 18.2 Å². The van der Waals surface area contributed by atoms with Gasteiger partial charge in [-0.25, -0.2) is 4.79 Å². The van der Waals surface area contributed by atoms with Crippen LogP contribution in [0, 0.1) is 0 Å². The van der Waals surface area contributed by atoms with E-state index in [2.05, 4.69) is 9.72 Å². The molecule has 0 saturated heterocycles. The summed E-state index contributed by atoms with van der Waals surface area (Å²) in [6.45, 7) is 0. The van der Waals surface area contributed by atoms with Crippen LogP contribution in [0.4, 0.5) is 0 Å². The van der Waals surface area contributed by atoms with Crippen molar-refractivity contribution in [3.8, 4) is 11.3 Å². The summed E-state index contributed by atoms with van der Waals surface area (Å²) in [5, 5.41) is 1.23. The van der Waals surface area contributed by atoms with Gasteiger partial charge in [0.1, 0.15) is 0 Å². The van der Waals surface area contributed by atoms with E-state index in [4.69, 9.17) is 46.4 Å². The van der Waals surface area contributed by atoms with Gasteiger partial charge in [-0.3, -0.25) is 4.98 Å². The molecule has 104 valence electrons. The molecule has 2 aromatic rings. The van der Waals surface area contributed by atoms with Gasteiger partial charge in [-0.1, -0.05) is 46.4 Å². The molecule has 20 heavy (non-hydrogen) atoms. The fourth-order valence-electron chi connectivity index (χ4n) is 1.57. The van der Waals surface area contributed by atoms with E-state index in [1.54, 1.807) is 6.07 Å². The second-order valence-corrected chi connectivity index (χ2v) is 5.42. The maximum absolute atomic E-state index is 11.6. The molecular weight excluding hydrogens is 344 g/mol. The number of halogens is 4. The predicted molar refractivity (Wildman–Crippen MR) is 81.1 cm³/mol. The van der Waals surface area contributed by atoms with Crippen LogP contribution in [0.1, 0.15) is 10.4 Å². The normalized spacial score (nSPS) is 10.4. The zero-order valence-corrected chi connectivity index (χ0v) is 13.1. The lowest BCUT2D eigenvalue weighted by atomic mass is 10.1. The summed E-state index contributed by atoms with van der Waals surface area (Å²) in [4.78, 5) is 15.7. The van der Waals surface area contributed by atoms with Gasteiger partial charge in [0.15, 0.2) is 0 Å². The van der Waals surface area contributed by atoms with Gasteiger partial charge < -0.3 is 4.74 Å². The monoisotopic (exact) mass is 349 g/mol. The summed E-state index contributed by atoms with van der Waals surface area (Å²) in [7, 11) is 1.27. The average Bonchev–Trinajstić information content (AvgIpc) is 2.43. The van der Waals surface area contributed by atoms with Gasteiger partial charge >= 0.3 is 5.97 Å². The van der Waals surface area contributed by atoms with E-state index in [0.29, 0.717) is 26.3 Å². The molecule has 1 aromatic carbocycles. The van der Waals surface area contributed by atoms with Crippen molar-refractivity contribution in [1.29, 1.82) is 0 Å². The third-order valence-corrected chi connectivity index (χ3v) is 3.88. The van der Waals surface area contributed by atoms with Crippen LogP contribution in [0.15, 0.2) is 24.4 Å². The molecule has 0 aliphatic rings. The molecule has 0 radical (unpaired) electrons. The molecule has 0 fully saturated rings. The van der Waals surface area contributed by atoms with Crippen LogP contribution >= 0.6 is 46.4 Å². The zero-order valence-electron chi connectivity index (χ0n) is 10.1. The van der Waals surface area contributed by atoms with Gasteiger partial charge in [0, 0.05) is 11.8 Å². The highest BCUT2D eigenvalue weighted by Gasteiger charge is 2.15. The summed E-state index contributed by atoms with van der Waals surface area (Å²) < 4.78 is 4.65. The molecule has 3 nitrogen and oxygen atoms in total. The number of pyridine rings is 1. The molecular formula is C13H7Cl4NO2. The fourth-order valence-corrected chi connectivity index (χ4v) is 2.40. The third kappa shape index (κ3) is 3.01. The van der Waals surface area contributed by atoms with Crippen LogP contribution < -0.4 is 0 Å². The quantitative estimate of drug-likeness (QED) is 0.555. The van der Waals surface area contributed by atoms with Crippen molar-refractivity contribution >= 4 is 52.4 Å². The SMILES string of the molecule is COC(=O)c1cc(-c2cc(Cl)c(Cl)cc2Cl)ncc1Cl. The van der Waals surface area contributed by atoms with Gasteiger partial charge in [-0.15, -0.1) is 0 Å². The molecule has 0 amide bonds. The van der Waals surface area contributed by atoms with Crippen LogP contribution in [0.3, 0.4) is 0 Å². The molecule has 7 heteroatoms. The Bertz CT molecular complexity index is 688. The minimum Gasteiger partial charge on any atom is -0.465 e. The highest BCUT2D eigenvalue weighted by molar-refractivity contribution is 6.44. The number of esters is 1. The molecule has 0 atom stereocenters. The maximum Gasteiger partial charge on any atom is 0.339 e. The average molecular weight is 351 g/mol. The highest BCUT2D eigenvalue weighted by atomic mass is 35.5. The first-order valence-electron chi connectivity index (χ1n) is 5.32. The molecule has 0 unspecified atom stereocenters. The van der Waals surface area contributed by atoms with E-state index in [1.165, 1.54) is 25.4 Å². The summed E-state index contributed by atoms with van der Waals surface area (Å²) in [6, 6.07) is 4.57. The Morgan fingerprint density at radius 1 is 1.00 bits per heavy atom. The molecule has 0 bridgehead atoms. The minimum absolute atomic E-state index is 0.191. The van der Waals surface area contributed by atoms with Crippen LogP contribution in [-0.4, -0.2) is 18.1 Å². The Balaban J connectivity index is 2.59. The number of hydrogen-bond acceptors (Lipinski definition) is 3. The Labute approximate surface area is 135 Å². The lowest BCUT2D eigenvalue weighted by Gasteiger charge is -2.08. The number of aromatic nitrogens is 1. The maximum atomic E-state index is 11.6. The Morgan fingerprint density at radius 2 is 1.65 bits per heavy atom. The Kier molecular flexibility index (Phi) is 4.76. The lowest BCUT2D eigenvalue weighted by molar-refractivity contribution is 0.0601. The smallest absolute Gasteiger partial charge is 0.339 e.